The average Bonchev–Trinajstić information content (AvgIpc) is 2.70. The molecular formula is C22H22N2O5. The average molecular weight is 394 g/mol. The van der Waals surface area contributed by atoms with E-state index in [4.69, 9.17) is 0 Å². The van der Waals surface area contributed by atoms with Crippen molar-refractivity contribution < 1.29 is 5.11 Å². The molecule has 1 aromatic heterocycles. The monoisotopic (exact) mass is 394 g/mol. The minimum absolute atomic E-state index is 0.0149. The van der Waals surface area contributed by atoms with Gasteiger partial charge in [0, 0.05) is 34.8 Å². The zero-order chi connectivity index (χ0) is 20.9. The molecule has 1 N–H and O–H groups in total. The normalized spacial score (nSPS) is 11.9. The highest BCUT2D eigenvalue weighted by Gasteiger charge is 2.26. The van der Waals surface area contributed by atoms with Crippen molar-refractivity contribution in [1.29, 1.82) is 0 Å². The van der Waals surface area contributed by atoms with E-state index >= 15 is 0 Å². The van der Waals surface area contributed by atoms with Crippen LogP contribution in [0.1, 0.15) is 39.5 Å². The lowest BCUT2D eigenvalue weighted by molar-refractivity contribution is 0.409. The van der Waals surface area contributed by atoms with Gasteiger partial charge in [0.05, 0.1) is 10.9 Å². The van der Waals surface area contributed by atoms with Crippen LogP contribution in [-0.2, 0) is 13.1 Å². The number of hydrogen-bond donors (Lipinski definition) is 1. The van der Waals surface area contributed by atoms with Gasteiger partial charge in [-0.1, -0.05) is 26.7 Å². The summed E-state index contributed by atoms with van der Waals surface area (Å²) in [6.07, 6.45) is 2.96. The molecule has 0 bridgehead atoms. The molecule has 7 nitrogen and oxygen atoms in total. The molecule has 0 spiro atoms. The topological polar surface area (TPSA) is 98.4 Å². The first-order valence-electron chi connectivity index (χ1n) is 9.97. The Hall–Kier alpha value is -3.22. The van der Waals surface area contributed by atoms with Gasteiger partial charge in [-0.15, -0.1) is 0 Å². The van der Waals surface area contributed by atoms with E-state index in [9.17, 15) is 24.3 Å². The Morgan fingerprint density at radius 3 is 2.03 bits per heavy atom. The van der Waals surface area contributed by atoms with E-state index in [0.717, 1.165) is 17.4 Å². The van der Waals surface area contributed by atoms with Crippen molar-refractivity contribution in [1.82, 2.24) is 9.13 Å². The third-order valence-electron chi connectivity index (χ3n) is 5.62. The molecule has 150 valence electrons. The van der Waals surface area contributed by atoms with Crippen LogP contribution in [-0.4, -0.2) is 14.2 Å². The van der Waals surface area contributed by atoms with Crippen LogP contribution in [0.15, 0.2) is 37.4 Å². The first-order chi connectivity index (χ1) is 13.9. The quantitative estimate of drug-likeness (QED) is 0.506. The Labute approximate surface area is 165 Å². The van der Waals surface area contributed by atoms with Gasteiger partial charge in [-0.3, -0.25) is 28.3 Å². The number of rotatable bonds is 6. The molecule has 2 heterocycles. The first-order valence-corrected chi connectivity index (χ1v) is 9.97. The summed E-state index contributed by atoms with van der Waals surface area (Å²) in [5.41, 5.74) is -1.53. The van der Waals surface area contributed by atoms with Crippen LogP contribution < -0.4 is 22.1 Å². The van der Waals surface area contributed by atoms with Gasteiger partial charge in [-0.25, -0.2) is 0 Å². The smallest absolute Gasteiger partial charge is 0.261 e. The first kappa shape index (κ1) is 19.1. The number of pyridine rings is 2. The third kappa shape index (κ3) is 2.64. The molecule has 2 aromatic rings. The van der Waals surface area contributed by atoms with E-state index in [1.54, 1.807) is 6.07 Å². The molecule has 29 heavy (non-hydrogen) atoms. The van der Waals surface area contributed by atoms with Crippen molar-refractivity contribution in [2.45, 2.75) is 52.6 Å². The molecule has 0 saturated carbocycles. The molecule has 0 atom stereocenters. The van der Waals surface area contributed by atoms with E-state index in [1.165, 1.54) is 16.7 Å². The van der Waals surface area contributed by atoms with Crippen LogP contribution in [0.5, 0.6) is 5.88 Å². The zero-order valence-electron chi connectivity index (χ0n) is 16.4. The lowest BCUT2D eigenvalue weighted by Gasteiger charge is -2.18. The van der Waals surface area contributed by atoms with E-state index in [0.29, 0.717) is 12.8 Å². The lowest BCUT2D eigenvalue weighted by atomic mass is 9.91. The van der Waals surface area contributed by atoms with Crippen molar-refractivity contribution in [2.75, 3.05) is 0 Å². The lowest BCUT2D eigenvalue weighted by Crippen LogP contribution is -2.36. The van der Waals surface area contributed by atoms with Crippen molar-refractivity contribution in [3.05, 3.63) is 59.5 Å². The van der Waals surface area contributed by atoms with Crippen LogP contribution in [0.2, 0.25) is 0 Å². The number of aromatic nitrogens is 2. The summed E-state index contributed by atoms with van der Waals surface area (Å²) < 4.78 is 2.36. The molecule has 4 rings (SSSR count). The highest BCUT2D eigenvalue weighted by molar-refractivity contribution is 6.15. The number of hydrogen-bond acceptors (Lipinski definition) is 5. The number of aromatic hydroxyl groups is 1. The standard InChI is InChI=1S/C22H22N2O5/c1-3-5-9-23-19(26)12-7-8-13-17-16(12)14(21(23)28)11-15(25)18(17)22(29)24(20(13)27)10-6-4-2/h7-8,11,29H,3-6,9-10H2,1-2H3. The van der Waals surface area contributed by atoms with Crippen molar-refractivity contribution in [3.63, 3.8) is 0 Å². The predicted molar refractivity (Wildman–Crippen MR) is 113 cm³/mol. The Morgan fingerprint density at radius 2 is 1.38 bits per heavy atom. The molecule has 1 aliphatic heterocycles. The van der Waals surface area contributed by atoms with Gasteiger partial charge in [0.15, 0.2) is 5.43 Å². The van der Waals surface area contributed by atoms with Crippen molar-refractivity contribution in [2.24, 2.45) is 0 Å². The van der Waals surface area contributed by atoms with Gasteiger partial charge in [0.2, 0.25) is 5.88 Å². The molecule has 1 aliphatic carbocycles. The SMILES string of the molecule is CCCCn1c(O)c2c(=O)cc3c(=O)n(CCCC)c(=O)c4ccc(c1=O)c2c4-3. The third-order valence-corrected chi connectivity index (χ3v) is 5.62. The second-order valence-corrected chi connectivity index (χ2v) is 7.46. The molecular weight excluding hydrogens is 372 g/mol. The van der Waals surface area contributed by atoms with Crippen LogP contribution in [0, 0.1) is 0 Å². The van der Waals surface area contributed by atoms with Crippen molar-refractivity contribution >= 4 is 21.5 Å². The highest BCUT2D eigenvalue weighted by atomic mass is 16.3. The predicted octanol–water partition coefficient (Wildman–Crippen LogP) is 2.32. The molecule has 0 saturated heterocycles. The van der Waals surface area contributed by atoms with Crippen LogP contribution >= 0.6 is 0 Å². The second kappa shape index (κ2) is 6.99. The van der Waals surface area contributed by atoms with E-state index < -0.39 is 28.0 Å². The molecule has 0 amide bonds. The molecule has 0 radical (unpaired) electrons. The Bertz CT molecular complexity index is 1420. The van der Waals surface area contributed by atoms with Gasteiger partial charge < -0.3 is 5.11 Å². The largest absolute Gasteiger partial charge is 0.494 e. The molecule has 1 aromatic carbocycles. The Morgan fingerprint density at radius 1 is 0.793 bits per heavy atom. The summed E-state index contributed by atoms with van der Waals surface area (Å²) in [5, 5.41) is 11.4. The van der Waals surface area contributed by atoms with Gasteiger partial charge >= 0.3 is 0 Å². The van der Waals surface area contributed by atoms with Crippen LogP contribution in [0.25, 0.3) is 32.7 Å². The molecule has 2 aliphatic rings. The zero-order valence-corrected chi connectivity index (χ0v) is 16.4. The van der Waals surface area contributed by atoms with Gasteiger partial charge in [0.1, 0.15) is 0 Å². The summed E-state index contributed by atoms with van der Waals surface area (Å²) >= 11 is 0. The number of nitrogens with zero attached hydrogens (tertiary/aromatic N) is 2. The number of unbranched alkanes of at least 4 members (excludes halogenated alkanes) is 2. The minimum atomic E-state index is -0.532. The van der Waals surface area contributed by atoms with Crippen molar-refractivity contribution in [3.8, 4) is 17.0 Å². The van der Waals surface area contributed by atoms with Crippen LogP contribution in [0.3, 0.4) is 0 Å². The maximum Gasteiger partial charge on any atom is 0.261 e. The second-order valence-electron chi connectivity index (χ2n) is 7.46. The highest BCUT2D eigenvalue weighted by Crippen LogP contribution is 2.36. The molecule has 7 heteroatoms. The van der Waals surface area contributed by atoms with Crippen LogP contribution in [0.4, 0.5) is 0 Å². The Balaban J connectivity index is 2.23. The fraction of sp³-hybridized carbons (Fsp3) is 0.364. The minimum Gasteiger partial charge on any atom is -0.494 e. The summed E-state index contributed by atoms with van der Waals surface area (Å²) in [6.45, 7) is 4.48. The van der Waals surface area contributed by atoms with E-state index in [1.807, 2.05) is 13.8 Å². The van der Waals surface area contributed by atoms with E-state index in [2.05, 4.69) is 0 Å². The molecule has 0 fully saturated rings. The fourth-order valence-corrected chi connectivity index (χ4v) is 4.09. The summed E-state index contributed by atoms with van der Waals surface area (Å²) in [7, 11) is 0. The van der Waals surface area contributed by atoms with Gasteiger partial charge in [0.25, 0.3) is 16.7 Å². The van der Waals surface area contributed by atoms with Gasteiger partial charge in [-0.2, -0.15) is 0 Å². The summed E-state index contributed by atoms with van der Waals surface area (Å²) in [5.74, 6) is -0.405. The van der Waals surface area contributed by atoms with Gasteiger partial charge in [-0.05, 0) is 31.0 Å². The van der Waals surface area contributed by atoms with E-state index in [-0.39, 0.29) is 45.8 Å². The summed E-state index contributed by atoms with van der Waals surface area (Å²) in [4.78, 5) is 51.8. The fourth-order valence-electron chi connectivity index (χ4n) is 4.09. The molecule has 0 unspecified atom stereocenters. The maximum atomic E-state index is 13.0. The Kier molecular flexibility index (Phi) is 4.61. The maximum absolute atomic E-state index is 13.0. The summed E-state index contributed by atoms with van der Waals surface area (Å²) in [6, 6.07) is 4.24. The number of benzene rings is 2.